The van der Waals surface area contributed by atoms with Crippen LogP contribution >= 0.6 is 22.9 Å². The summed E-state index contributed by atoms with van der Waals surface area (Å²) in [6, 6.07) is 4.85. The number of benzene rings is 1. The maximum absolute atomic E-state index is 14.0. The molecule has 0 spiro atoms. The summed E-state index contributed by atoms with van der Waals surface area (Å²) in [5, 5.41) is 5.06. The summed E-state index contributed by atoms with van der Waals surface area (Å²) in [6.45, 7) is 6.80. The first-order valence-electron chi connectivity index (χ1n) is 9.09. The minimum absolute atomic E-state index is 0.236. The molecule has 5 nitrogen and oxygen atoms in total. The monoisotopic (exact) mass is 409 g/mol. The summed E-state index contributed by atoms with van der Waals surface area (Å²) in [6.07, 6.45) is 2.80. The van der Waals surface area contributed by atoms with Crippen LogP contribution in [0.5, 0.6) is 0 Å². The maximum Gasteiger partial charge on any atom is 0.193 e. The number of aromatic nitrogens is 1. The van der Waals surface area contributed by atoms with Gasteiger partial charge >= 0.3 is 0 Å². The van der Waals surface area contributed by atoms with E-state index in [1.54, 1.807) is 30.5 Å². The van der Waals surface area contributed by atoms with Gasteiger partial charge in [-0.2, -0.15) is 0 Å². The van der Waals surface area contributed by atoms with Crippen molar-refractivity contribution in [1.82, 2.24) is 20.1 Å². The van der Waals surface area contributed by atoms with Gasteiger partial charge in [0.25, 0.3) is 0 Å². The molecule has 1 aromatic heterocycles. The fraction of sp³-hybridized carbons (Fsp3) is 0.474. The zero-order valence-electron chi connectivity index (χ0n) is 15.7. The number of hydrogen-bond donors (Lipinski definition) is 1. The van der Waals surface area contributed by atoms with E-state index in [-0.39, 0.29) is 5.82 Å². The Morgan fingerprint density at radius 3 is 2.74 bits per heavy atom. The van der Waals surface area contributed by atoms with Gasteiger partial charge in [-0.25, -0.2) is 9.37 Å². The SMILES string of the molecule is CN=C(NCCc1ncc(C)s1)N1CCN(Cc2c(F)cccc2Cl)CC1. The molecule has 0 radical (unpaired) electrons. The predicted octanol–water partition coefficient (Wildman–Crippen LogP) is 3.18. The predicted molar refractivity (Wildman–Crippen MR) is 110 cm³/mol. The number of nitrogens with one attached hydrogen (secondary N) is 1. The number of aryl methyl sites for hydroxylation is 1. The van der Waals surface area contributed by atoms with Crippen LogP contribution in [0.1, 0.15) is 15.4 Å². The summed E-state index contributed by atoms with van der Waals surface area (Å²) < 4.78 is 14.0. The zero-order chi connectivity index (χ0) is 19.2. The Morgan fingerprint density at radius 2 is 2.11 bits per heavy atom. The van der Waals surface area contributed by atoms with Gasteiger partial charge in [0.1, 0.15) is 5.82 Å². The first kappa shape index (κ1) is 20.0. The van der Waals surface area contributed by atoms with E-state index >= 15 is 0 Å². The van der Waals surface area contributed by atoms with E-state index in [4.69, 9.17) is 11.6 Å². The van der Waals surface area contributed by atoms with Crippen molar-refractivity contribution in [2.45, 2.75) is 19.9 Å². The van der Waals surface area contributed by atoms with Crippen LogP contribution in [-0.4, -0.2) is 60.5 Å². The van der Waals surface area contributed by atoms with Crippen molar-refractivity contribution in [3.8, 4) is 0 Å². The van der Waals surface area contributed by atoms with Gasteiger partial charge in [0.15, 0.2) is 5.96 Å². The third-order valence-corrected chi connectivity index (χ3v) is 5.94. The number of thiazole rings is 1. The van der Waals surface area contributed by atoms with Crippen LogP contribution in [0.15, 0.2) is 29.4 Å². The molecule has 0 aliphatic carbocycles. The largest absolute Gasteiger partial charge is 0.356 e. The molecule has 0 amide bonds. The van der Waals surface area contributed by atoms with E-state index in [2.05, 4.69) is 32.0 Å². The van der Waals surface area contributed by atoms with Crippen LogP contribution in [0, 0.1) is 12.7 Å². The molecule has 1 aliphatic rings. The van der Waals surface area contributed by atoms with Crippen molar-refractivity contribution in [3.05, 3.63) is 50.7 Å². The molecule has 2 heterocycles. The van der Waals surface area contributed by atoms with Gasteiger partial charge in [0.2, 0.25) is 0 Å². The fourth-order valence-electron chi connectivity index (χ4n) is 3.16. The Kier molecular flexibility index (Phi) is 7.04. The average molecular weight is 410 g/mol. The van der Waals surface area contributed by atoms with E-state index in [0.717, 1.165) is 50.1 Å². The molecule has 8 heteroatoms. The van der Waals surface area contributed by atoms with Gasteiger partial charge in [0, 0.05) is 74.4 Å². The van der Waals surface area contributed by atoms with Crippen LogP contribution in [-0.2, 0) is 13.0 Å². The standard InChI is InChI=1S/C19H25ClFN5S/c1-14-12-24-18(27-14)6-7-23-19(22-2)26-10-8-25(9-11-26)13-15-16(20)4-3-5-17(15)21/h3-5,12H,6-11,13H2,1-2H3,(H,22,23). The smallest absolute Gasteiger partial charge is 0.193 e. The highest BCUT2D eigenvalue weighted by Gasteiger charge is 2.21. The number of guanidine groups is 1. The molecule has 1 N–H and O–H groups in total. The molecule has 0 bridgehead atoms. The van der Waals surface area contributed by atoms with Gasteiger partial charge in [-0.05, 0) is 19.1 Å². The normalized spacial score (nSPS) is 16.0. The molecule has 1 saturated heterocycles. The van der Waals surface area contributed by atoms with E-state index in [1.807, 2.05) is 6.20 Å². The van der Waals surface area contributed by atoms with E-state index in [9.17, 15) is 4.39 Å². The molecule has 1 aliphatic heterocycles. The molecule has 1 aromatic carbocycles. The Bertz CT molecular complexity index is 766. The Labute approximate surface area is 168 Å². The van der Waals surface area contributed by atoms with E-state index in [0.29, 0.717) is 17.1 Å². The average Bonchev–Trinajstić information content (AvgIpc) is 3.08. The Morgan fingerprint density at radius 1 is 1.33 bits per heavy atom. The van der Waals surface area contributed by atoms with E-state index in [1.165, 1.54) is 10.9 Å². The number of nitrogens with zero attached hydrogens (tertiary/aromatic N) is 4. The highest BCUT2D eigenvalue weighted by Crippen LogP contribution is 2.21. The van der Waals surface area contributed by atoms with Crippen LogP contribution in [0.2, 0.25) is 5.02 Å². The molecule has 3 rings (SSSR count). The highest BCUT2D eigenvalue weighted by atomic mass is 35.5. The summed E-state index contributed by atoms with van der Waals surface area (Å²) >= 11 is 7.88. The van der Waals surface area contributed by atoms with Gasteiger partial charge in [-0.3, -0.25) is 9.89 Å². The molecular weight excluding hydrogens is 385 g/mol. The molecule has 0 unspecified atom stereocenters. The van der Waals surface area contributed by atoms with Crippen LogP contribution < -0.4 is 5.32 Å². The summed E-state index contributed by atoms with van der Waals surface area (Å²) in [7, 11) is 1.81. The molecule has 146 valence electrons. The molecular formula is C19H25ClFN5S. The fourth-order valence-corrected chi connectivity index (χ4v) is 4.16. The lowest BCUT2D eigenvalue weighted by atomic mass is 10.2. The second-order valence-electron chi connectivity index (χ2n) is 6.55. The highest BCUT2D eigenvalue weighted by molar-refractivity contribution is 7.11. The lowest BCUT2D eigenvalue weighted by Crippen LogP contribution is -2.52. The van der Waals surface area contributed by atoms with Gasteiger partial charge in [0.05, 0.1) is 5.01 Å². The Hall–Kier alpha value is -1.70. The molecule has 0 saturated carbocycles. The molecule has 1 fully saturated rings. The lowest BCUT2D eigenvalue weighted by molar-refractivity contribution is 0.171. The second-order valence-corrected chi connectivity index (χ2v) is 8.28. The third-order valence-electron chi connectivity index (χ3n) is 4.62. The molecule has 2 aromatic rings. The van der Waals surface area contributed by atoms with Crippen molar-refractivity contribution in [3.63, 3.8) is 0 Å². The summed E-state index contributed by atoms with van der Waals surface area (Å²) in [4.78, 5) is 14.5. The van der Waals surface area contributed by atoms with Crippen LogP contribution in [0.4, 0.5) is 4.39 Å². The lowest BCUT2D eigenvalue weighted by Gasteiger charge is -2.36. The number of piperazine rings is 1. The van der Waals surface area contributed by atoms with Gasteiger partial charge in [-0.1, -0.05) is 17.7 Å². The van der Waals surface area contributed by atoms with Gasteiger partial charge in [-0.15, -0.1) is 11.3 Å². The van der Waals surface area contributed by atoms with Crippen LogP contribution in [0.25, 0.3) is 0 Å². The number of halogens is 2. The third kappa shape index (κ3) is 5.40. The van der Waals surface area contributed by atoms with Crippen molar-refractivity contribution in [2.75, 3.05) is 39.8 Å². The minimum Gasteiger partial charge on any atom is -0.356 e. The summed E-state index contributed by atoms with van der Waals surface area (Å²) in [5.41, 5.74) is 0.578. The van der Waals surface area contributed by atoms with Crippen LogP contribution in [0.3, 0.4) is 0 Å². The summed E-state index contributed by atoms with van der Waals surface area (Å²) in [5.74, 6) is 0.673. The maximum atomic E-state index is 14.0. The quantitative estimate of drug-likeness (QED) is 0.608. The van der Waals surface area contributed by atoms with E-state index < -0.39 is 0 Å². The first-order chi connectivity index (χ1) is 13.1. The van der Waals surface area contributed by atoms with Crippen molar-refractivity contribution >= 4 is 28.9 Å². The van der Waals surface area contributed by atoms with Crippen molar-refractivity contribution < 1.29 is 4.39 Å². The van der Waals surface area contributed by atoms with Crippen molar-refractivity contribution in [1.29, 1.82) is 0 Å². The second kappa shape index (κ2) is 9.48. The molecule has 27 heavy (non-hydrogen) atoms. The topological polar surface area (TPSA) is 43.8 Å². The van der Waals surface area contributed by atoms with Crippen molar-refractivity contribution in [2.24, 2.45) is 4.99 Å². The number of hydrogen-bond acceptors (Lipinski definition) is 4. The zero-order valence-corrected chi connectivity index (χ0v) is 17.3. The first-order valence-corrected chi connectivity index (χ1v) is 10.3. The number of rotatable bonds is 5. The molecule has 0 atom stereocenters. The number of aliphatic imine (C=N–C) groups is 1. The van der Waals surface area contributed by atoms with Gasteiger partial charge < -0.3 is 10.2 Å². The minimum atomic E-state index is -0.236. The Balaban J connectivity index is 1.47.